The molecule has 1 aromatic heterocycles. The Bertz CT molecular complexity index is 843. The third-order valence-corrected chi connectivity index (χ3v) is 7.46. The van der Waals surface area contributed by atoms with Gasteiger partial charge in [-0.15, -0.1) is 0 Å². The molecule has 3 aliphatic rings. The van der Waals surface area contributed by atoms with E-state index in [1.165, 1.54) is 0 Å². The summed E-state index contributed by atoms with van der Waals surface area (Å²) in [6.07, 6.45) is -2.12. The van der Waals surface area contributed by atoms with Crippen LogP contribution in [0.15, 0.2) is 40.3 Å². The Hall–Kier alpha value is -1.58. The Morgan fingerprint density at radius 2 is 1.93 bits per heavy atom. The molecule has 1 N–H and O–H groups in total. The summed E-state index contributed by atoms with van der Waals surface area (Å²) >= 11 is 1.60. The van der Waals surface area contributed by atoms with Gasteiger partial charge in [0.25, 0.3) is 5.91 Å². The summed E-state index contributed by atoms with van der Waals surface area (Å²) in [7, 11) is 0. The van der Waals surface area contributed by atoms with E-state index in [-0.39, 0.29) is 11.9 Å². The molecule has 150 valence electrons. The molecule has 28 heavy (non-hydrogen) atoms. The normalized spacial score (nSPS) is 27.0. The number of piperidine rings is 3. The van der Waals surface area contributed by atoms with Crippen molar-refractivity contribution in [1.82, 2.24) is 14.6 Å². The first kappa shape index (κ1) is 19.7. The van der Waals surface area contributed by atoms with E-state index in [9.17, 15) is 18.0 Å². The fraction of sp³-hybridized carbons (Fsp3) is 0.474. The van der Waals surface area contributed by atoms with Crippen LogP contribution in [0.3, 0.4) is 0 Å². The highest BCUT2D eigenvalue weighted by atomic mass is 32.2. The second-order valence-electron chi connectivity index (χ2n) is 7.27. The minimum atomic E-state index is -4.37. The largest absolute Gasteiger partial charge is 0.427 e. The van der Waals surface area contributed by atoms with Gasteiger partial charge in [0.15, 0.2) is 0 Å². The van der Waals surface area contributed by atoms with Crippen LogP contribution in [0.1, 0.15) is 35.0 Å². The van der Waals surface area contributed by atoms with Crippen LogP contribution in [0.5, 0.6) is 0 Å². The summed E-state index contributed by atoms with van der Waals surface area (Å²) in [6.45, 7) is 4.38. The molecule has 2 bridgehead atoms. The van der Waals surface area contributed by atoms with Crippen LogP contribution >= 0.6 is 23.3 Å². The summed E-state index contributed by atoms with van der Waals surface area (Å²) in [6, 6.07) is 8.46. The average molecular weight is 428 g/mol. The fourth-order valence-electron chi connectivity index (χ4n) is 4.02. The Balaban J connectivity index is 1.39. The average Bonchev–Trinajstić information content (AvgIpc) is 3.14. The lowest BCUT2D eigenvalue weighted by atomic mass is 9.79. The molecule has 0 spiro atoms. The van der Waals surface area contributed by atoms with E-state index in [2.05, 4.69) is 21.5 Å². The van der Waals surface area contributed by atoms with E-state index in [0.29, 0.717) is 34.1 Å². The number of amides is 1. The zero-order chi connectivity index (χ0) is 19.9. The number of fused-ring (bicyclic) bond motifs is 3. The highest BCUT2D eigenvalue weighted by Crippen LogP contribution is 2.37. The Labute approximate surface area is 169 Å². The minimum Gasteiger partial charge on any atom is -0.347 e. The first-order chi connectivity index (χ1) is 13.3. The monoisotopic (exact) mass is 427 g/mol. The fourth-order valence-corrected chi connectivity index (χ4v) is 5.55. The smallest absolute Gasteiger partial charge is 0.347 e. The summed E-state index contributed by atoms with van der Waals surface area (Å²) in [4.78, 5) is 15.1. The summed E-state index contributed by atoms with van der Waals surface area (Å²) in [5, 5.41) is 3.48. The van der Waals surface area contributed by atoms with Crippen molar-refractivity contribution in [3.05, 3.63) is 40.8 Å². The van der Waals surface area contributed by atoms with Gasteiger partial charge in [-0.3, -0.25) is 9.69 Å². The van der Waals surface area contributed by atoms with E-state index in [0.717, 1.165) is 48.7 Å². The number of rotatable bonds is 4. The second kappa shape index (κ2) is 7.68. The van der Waals surface area contributed by atoms with Crippen molar-refractivity contribution in [2.45, 2.75) is 47.9 Å². The van der Waals surface area contributed by atoms with Crippen LogP contribution < -0.4 is 5.32 Å². The van der Waals surface area contributed by atoms with Gasteiger partial charge >= 0.3 is 6.18 Å². The lowest BCUT2D eigenvalue weighted by Crippen LogP contribution is -2.62. The SMILES string of the molecule is C[C@H]1[C@H](NC(=O)c2ccc(Sc3cc(C(F)(F)F)sn3)cc2)C2CCN1CC2. The molecule has 2 atom stereocenters. The predicted molar refractivity (Wildman–Crippen MR) is 103 cm³/mol. The molecule has 4 nitrogen and oxygen atoms in total. The van der Waals surface area contributed by atoms with Crippen LogP contribution in [0.4, 0.5) is 13.2 Å². The van der Waals surface area contributed by atoms with Gasteiger partial charge in [0.2, 0.25) is 0 Å². The van der Waals surface area contributed by atoms with Gasteiger partial charge in [-0.2, -0.15) is 17.5 Å². The molecule has 9 heteroatoms. The van der Waals surface area contributed by atoms with Crippen molar-refractivity contribution in [1.29, 1.82) is 0 Å². The van der Waals surface area contributed by atoms with Gasteiger partial charge in [0.1, 0.15) is 9.90 Å². The van der Waals surface area contributed by atoms with E-state index in [1.54, 1.807) is 24.3 Å². The van der Waals surface area contributed by atoms with E-state index >= 15 is 0 Å². The van der Waals surface area contributed by atoms with E-state index in [1.807, 2.05) is 0 Å². The lowest BCUT2D eigenvalue weighted by molar-refractivity contribution is -0.134. The number of alkyl halides is 3. The van der Waals surface area contributed by atoms with Crippen molar-refractivity contribution in [3.63, 3.8) is 0 Å². The van der Waals surface area contributed by atoms with E-state index in [4.69, 9.17) is 0 Å². The quantitative estimate of drug-likeness (QED) is 0.779. The Morgan fingerprint density at radius 1 is 1.25 bits per heavy atom. The molecule has 0 unspecified atom stereocenters. The van der Waals surface area contributed by atoms with E-state index < -0.39 is 11.1 Å². The zero-order valence-electron chi connectivity index (χ0n) is 15.2. The summed E-state index contributed by atoms with van der Waals surface area (Å²) in [5.74, 6) is 0.432. The number of nitrogens with one attached hydrogen (secondary N) is 1. The van der Waals surface area contributed by atoms with Crippen LogP contribution in [0.25, 0.3) is 0 Å². The highest BCUT2D eigenvalue weighted by Gasteiger charge is 2.40. The van der Waals surface area contributed by atoms with Crippen molar-refractivity contribution in [3.8, 4) is 0 Å². The molecule has 0 radical (unpaired) electrons. The van der Waals surface area contributed by atoms with Crippen LogP contribution in [-0.2, 0) is 6.18 Å². The molecule has 2 aromatic rings. The molecule has 3 fully saturated rings. The molecule has 3 aliphatic heterocycles. The molecule has 3 saturated heterocycles. The Morgan fingerprint density at radius 3 is 2.50 bits per heavy atom. The topological polar surface area (TPSA) is 45.2 Å². The molecule has 1 amide bonds. The van der Waals surface area contributed by atoms with Crippen molar-refractivity contribution in [2.75, 3.05) is 13.1 Å². The first-order valence-electron chi connectivity index (χ1n) is 9.18. The number of aromatic nitrogens is 1. The van der Waals surface area contributed by atoms with Gasteiger partial charge in [0.05, 0.1) is 0 Å². The van der Waals surface area contributed by atoms with Crippen molar-refractivity contribution in [2.24, 2.45) is 5.92 Å². The number of nitrogens with zero attached hydrogens (tertiary/aromatic N) is 2. The summed E-state index contributed by atoms with van der Waals surface area (Å²) in [5.41, 5.74) is 0.558. The van der Waals surface area contributed by atoms with Gasteiger partial charge in [0, 0.05) is 22.5 Å². The van der Waals surface area contributed by atoms with Gasteiger partial charge < -0.3 is 5.32 Å². The number of carbonyl (C=O) groups excluding carboxylic acids is 1. The van der Waals surface area contributed by atoms with Gasteiger partial charge in [-0.05, 0) is 80.6 Å². The molecule has 0 saturated carbocycles. The third-order valence-electron chi connectivity index (χ3n) is 5.58. The maximum atomic E-state index is 12.7. The predicted octanol–water partition coefficient (Wildman–Crippen LogP) is 4.53. The molecule has 4 heterocycles. The third kappa shape index (κ3) is 4.06. The number of halogens is 3. The Kier molecular flexibility index (Phi) is 5.41. The number of hydrogen-bond donors (Lipinski definition) is 1. The molecular weight excluding hydrogens is 407 g/mol. The standard InChI is InChI=1S/C19H20F3N3OS2/c1-11-17(12-6-8-25(11)9-7-12)23-18(26)13-2-4-14(5-3-13)27-16-10-15(28-24-16)19(20,21)22/h2-5,10-12,17H,6-9H2,1H3,(H,23,26)/t11-,17-/m0/s1. The number of carbonyl (C=O) groups is 1. The minimum absolute atomic E-state index is 0.102. The maximum absolute atomic E-state index is 12.7. The summed E-state index contributed by atoms with van der Waals surface area (Å²) < 4.78 is 41.9. The zero-order valence-corrected chi connectivity index (χ0v) is 16.8. The number of hydrogen-bond acceptors (Lipinski definition) is 5. The molecular formula is C19H20F3N3OS2. The van der Waals surface area contributed by atoms with Crippen LogP contribution in [0, 0.1) is 5.92 Å². The highest BCUT2D eigenvalue weighted by molar-refractivity contribution is 7.99. The molecule has 5 rings (SSSR count). The molecule has 1 aromatic carbocycles. The first-order valence-corrected chi connectivity index (χ1v) is 10.8. The molecule has 0 aliphatic carbocycles. The van der Waals surface area contributed by atoms with Crippen molar-refractivity contribution < 1.29 is 18.0 Å². The van der Waals surface area contributed by atoms with Crippen LogP contribution in [-0.4, -0.2) is 40.4 Å². The number of benzene rings is 1. The second-order valence-corrected chi connectivity index (χ2v) is 9.17. The van der Waals surface area contributed by atoms with Gasteiger partial charge in [-0.25, -0.2) is 0 Å². The lowest BCUT2D eigenvalue weighted by Gasteiger charge is -2.49. The maximum Gasteiger partial charge on any atom is 0.427 e. The van der Waals surface area contributed by atoms with Crippen LogP contribution in [0.2, 0.25) is 0 Å². The van der Waals surface area contributed by atoms with Crippen molar-refractivity contribution >= 4 is 29.2 Å². The van der Waals surface area contributed by atoms with Gasteiger partial charge in [-0.1, -0.05) is 11.8 Å².